The molecule has 1 aromatic carbocycles. The lowest BCUT2D eigenvalue weighted by atomic mass is 10.4. The zero-order valence-electron chi connectivity index (χ0n) is 7.41. The quantitative estimate of drug-likeness (QED) is 0.755. The smallest absolute Gasteiger partial charge is 0.137 e. The third kappa shape index (κ3) is 2.05. The second-order valence-electron chi connectivity index (χ2n) is 2.72. The van der Waals surface area contributed by atoms with E-state index in [1.807, 2.05) is 30.3 Å². The molecule has 0 fully saturated rings. The molecule has 0 spiro atoms. The number of hydrogen-bond acceptors (Lipinski definition) is 3. The first-order valence-electron chi connectivity index (χ1n) is 4.12. The minimum absolute atomic E-state index is 0.351. The SMILES string of the molecule is O=S(Cn1cncn1)c1ccccc1. The van der Waals surface area contributed by atoms with E-state index in [2.05, 4.69) is 10.1 Å². The van der Waals surface area contributed by atoms with Crippen molar-refractivity contribution >= 4 is 10.8 Å². The molecule has 2 rings (SSSR count). The van der Waals surface area contributed by atoms with Crippen molar-refractivity contribution in [2.45, 2.75) is 10.8 Å². The van der Waals surface area contributed by atoms with Gasteiger partial charge in [-0.1, -0.05) is 18.2 Å². The van der Waals surface area contributed by atoms with Gasteiger partial charge in [0.15, 0.2) is 0 Å². The first-order valence-corrected chi connectivity index (χ1v) is 5.44. The summed E-state index contributed by atoms with van der Waals surface area (Å²) < 4.78 is 13.3. The van der Waals surface area contributed by atoms with Crippen molar-refractivity contribution < 1.29 is 4.21 Å². The summed E-state index contributed by atoms with van der Waals surface area (Å²) in [4.78, 5) is 4.59. The Morgan fingerprint density at radius 1 is 1.29 bits per heavy atom. The summed E-state index contributed by atoms with van der Waals surface area (Å²) in [6.45, 7) is 0. The standard InChI is InChI=1S/C9H9N3OS/c13-14(8-12-7-10-6-11-12)9-4-2-1-3-5-9/h1-7H,8H2. The van der Waals surface area contributed by atoms with E-state index in [1.54, 1.807) is 11.0 Å². The van der Waals surface area contributed by atoms with Gasteiger partial charge in [0.25, 0.3) is 0 Å². The molecule has 0 saturated heterocycles. The number of benzene rings is 1. The first kappa shape index (κ1) is 9.08. The summed E-state index contributed by atoms with van der Waals surface area (Å²) in [6, 6.07) is 9.32. The van der Waals surface area contributed by atoms with Crippen LogP contribution in [0.1, 0.15) is 0 Å². The van der Waals surface area contributed by atoms with Gasteiger partial charge in [0.2, 0.25) is 0 Å². The van der Waals surface area contributed by atoms with Crippen LogP contribution in [0.2, 0.25) is 0 Å². The van der Waals surface area contributed by atoms with Crippen molar-refractivity contribution in [3.8, 4) is 0 Å². The lowest BCUT2D eigenvalue weighted by molar-refractivity contribution is 0.658. The number of rotatable bonds is 3. The Morgan fingerprint density at radius 3 is 2.71 bits per heavy atom. The molecule has 0 aliphatic rings. The monoisotopic (exact) mass is 207 g/mol. The van der Waals surface area contributed by atoms with E-state index in [4.69, 9.17) is 0 Å². The molecule has 0 amide bonds. The first-order chi connectivity index (χ1) is 6.86. The van der Waals surface area contributed by atoms with Crippen LogP contribution in [0.15, 0.2) is 47.9 Å². The van der Waals surface area contributed by atoms with Crippen LogP contribution in [0.3, 0.4) is 0 Å². The summed E-state index contributed by atoms with van der Waals surface area (Å²) in [5, 5.41) is 3.89. The predicted molar refractivity (Wildman–Crippen MR) is 52.9 cm³/mol. The maximum Gasteiger partial charge on any atom is 0.137 e. The number of hydrogen-bond donors (Lipinski definition) is 0. The van der Waals surface area contributed by atoms with E-state index in [9.17, 15) is 4.21 Å². The molecule has 4 nitrogen and oxygen atoms in total. The van der Waals surface area contributed by atoms with E-state index < -0.39 is 10.8 Å². The molecule has 1 heterocycles. The maximum atomic E-state index is 11.7. The minimum Gasteiger partial charge on any atom is -0.252 e. The molecule has 0 radical (unpaired) electrons. The Bertz CT molecular complexity index is 413. The molecule has 0 aliphatic carbocycles. The van der Waals surface area contributed by atoms with Gasteiger partial charge in [0, 0.05) is 4.90 Å². The Morgan fingerprint density at radius 2 is 2.07 bits per heavy atom. The van der Waals surface area contributed by atoms with Crippen LogP contribution >= 0.6 is 0 Å². The van der Waals surface area contributed by atoms with E-state index in [-0.39, 0.29) is 0 Å². The summed E-state index contributed by atoms with van der Waals surface area (Å²) >= 11 is 0. The molecule has 0 N–H and O–H groups in total. The second kappa shape index (κ2) is 4.15. The Balaban J connectivity index is 2.11. The highest BCUT2D eigenvalue weighted by molar-refractivity contribution is 7.84. The van der Waals surface area contributed by atoms with Crippen LogP contribution in [0.5, 0.6) is 0 Å². The topological polar surface area (TPSA) is 47.8 Å². The van der Waals surface area contributed by atoms with Crippen molar-refractivity contribution in [1.82, 2.24) is 14.8 Å². The van der Waals surface area contributed by atoms with Crippen LogP contribution in [0, 0.1) is 0 Å². The lowest BCUT2D eigenvalue weighted by Crippen LogP contribution is -2.05. The molecule has 1 unspecified atom stereocenters. The molecule has 2 aromatic rings. The fraction of sp³-hybridized carbons (Fsp3) is 0.111. The largest absolute Gasteiger partial charge is 0.252 e. The van der Waals surface area contributed by atoms with E-state index in [1.165, 1.54) is 6.33 Å². The zero-order valence-corrected chi connectivity index (χ0v) is 8.22. The summed E-state index contributed by atoms with van der Waals surface area (Å²) in [5.74, 6) is 0.351. The van der Waals surface area contributed by atoms with Crippen LogP contribution in [0.25, 0.3) is 0 Å². The lowest BCUT2D eigenvalue weighted by Gasteiger charge is -2.00. The van der Waals surface area contributed by atoms with Crippen molar-refractivity contribution in [1.29, 1.82) is 0 Å². The molecule has 0 saturated carbocycles. The van der Waals surface area contributed by atoms with Gasteiger partial charge in [-0.15, -0.1) is 0 Å². The van der Waals surface area contributed by atoms with Crippen molar-refractivity contribution in [3.63, 3.8) is 0 Å². The molecule has 1 atom stereocenters. The molecular weight excluding hydrogens is 198 g/mol. The molecule has 72 valence electrons. The third-order valence-corrected chi connectivity index (χ3v) is 3.02. The minimum atomic E-state index is -1.05. The molecular formula is C9H9N3OS. The van der Waals surface area contributed by atoms with Gasteiger partial charge in [0.1, 0.15) is 18.5 Å². The van der Waals surface area contributed by atoms with Crippen molar-refractivity contribution in [2.24, 2.45) is 0 Å². The highest BCUT2D eigenvalue weighted by Gasteiger charge is 2.03. The average Bonchev–Trinajstić information content (AvgIpc) is 2.72. The van der Waals surface area contributed by atoms with Gasteiger partial charge in [0.05, 0.1) is 10.8 Å². The summed E-state index contributed by atoms with van der Waals surface area (Å²) in [5.41, 5.74) is 0. The van der Waals surface area contributed by atoms with Crippen LogP contribution in [-0.2, 0) is 16.7 Å². The van der Waals surface area contributed by atoms with Crippen LogP contribution in [-0.4, -0.2) is 19.0 Å². The van der Waals surface area contributed by atoms with Crippen LogP contribution in [0.4, 0.5) is 0 Å². The molecule has 0 bridgehead atoms. The van der Waals surface area contributed by atoms with Crippen molar-refractivity contribution in [3.05, 3.63) is 43.0 Å². The second-order valence-corrected chi connectivity index (χ2v) is 4.14. The molecule has 5 heteroatoms. The Kier molecular flexibility index (Phi) is 2.69. The molecule has 14 heavy (non-hydrogen) atoms. The normalized spacial score (nSPS) is 12.6. The van der Waals surface area contributed by atoms with Gasteiger partial charge >= 0.3 is 0 Å². The maximum absolute atomic E-state index is 11.7. The van der Waals surface area contributed by atoms with Crippen LogP contribution < -0.4 is 0 Å². The van der Waals surface area contributed by atoms with Gasteiger partial charge in [-0.25, -0.2) is 9.67 Å². The predicted octanol–water partition coefficient (Wildman–Crippen LogP) is 1.04. The van der Waals surface area contributed by atoms with E-state index in [0.717, 1.165) is 4.90 Å². The fourth-order valence-corrected chi connectivity index (χ4v) is 2.05. The van der Waals surface area contributed by atoms with Gasteiger partial charge in [-0.2, -0.15) is 5.10 Å². The number of aromatic nitrogens is 3. The number of nitrogens with zero attached hydrogens (tertiary/aromatic N) is 3. The third-order valence-electron chi connectivity index (χ3n) is 1.72. The van der Waals surface area contributed by atoms with Gasteiger partial charge in [-0.05, 0) is 12.1 Å². The average molecular weight is 207 g/mol. The summed E-state index contributed by atoms with van der Waals surface area (Å²) in [7, 11) is -1.05. The van der Waals surface area contributed by atoms with Gasteiger partial charge < -0.3 is 0 Å². The Hall–Kier alpha value is -1.49. The Labute approximate surface area is 84.1 Å². The zero-order chi connectivity index (χ0) is 9.80. The summed E-state index contributed by atoms with van der Waals surface area (Å²) in [6.07, 6.45) is 2.99. The van der Waals surface area contributed by atoms with E-state index >= 15 is 0 Å². The molecule has 0 aliphatic heterocycles. The molecule has 1 aromatic heterocycles. The van der Waals surface area contributed by atoms with Gasteiger partial charge in [-0.3, -0.25) is 4.21 Å². The van der Waals surface area contributed by atoms with E-state index in [0.29, 0.717) is 5.88 Å². The highest BCUT2D eigenvalue weighted by atomic mass is 32.2. The van der Waals surface area contributed by atoms with Crippen molar-refractivity contribution in [2.75, 3.05) is 0 Å². The fourth-order valence-electron chi connectivity index (χ4n) is 1.07. The highest BCUT2D eigenvalue weighted by Crippen LogP contribution is 2.06.